The Morgan fingerprint density at radius 3 is 2.72 bits per heavy atom. The largest absolute Gasteiger partial charge is 0.501 e. The lowest BCUT2D eigenvalue weighted by atomic mass is 10.1. The quantitative estimate of drug-likeness (QED) is 0.391. The van der Waals surface area contributed by atoms with E-state index in [1.165, 1.54) is 12.1 Å². The van der Waals surface area contributed by atoms with Crippen molar-refractivity contribution in [3.8, 4) is 0 Å². The van der Waals surface area contributed by atoms with E-state index < -0.39 is 4.92 Å². The van der Waals surface area contributed by atoms with E-state index in [1.54, 1.807) is 25.4 Å². The number of aromatic nitrogens is 3. The molecule has 0 aliphatic rings. The smallest absolute Gasteiger partial charge is 0.269 e. The second-order valence-corrected chi connectivity index (χ2v) is 5.56. The molecule has 2 aromatic heterocycles. The Balaban J connectivity index is 1.90. The molecule has 0 radical (unpaired) electrons. The Kier molecular flexibility index (Phi) is 4.74. The van der Waals surface area contributed by atoms with Crippen LogP contribution in [0, 0.1) is 10.1 Å². The molecule has 2 heterocycles. The summed E-state index contributed by atoms with van der Waals surface area (Å²) in [7, 11) is 1.65. The van der Waals surface area contributed by atoms with Crippen LogP contribution in [-0.4, -0.2) is 26.4 Å². The molecular formula is C18H18N4O3. The lowest BCUT2D eigenvalue weighted by molar-refractivity contribution is -0.384. The van der Waals surface area contributed by atoms with E-state index in [9.17, 15) is 10.1 Å². The van der Waals surface area contributed by atoms with Crippen molar-refractivity contribution in [2.24, 2.45) is 0 Å². The number of nitro groups is 1. The zero-order valence-electron chi connectivity index (χ0n) is 14.0. The molecule has 0 spiro atoms. The van der Waals surface area contributed by atoms with Crippen LogP contribution in [0.3, 0.4) is 0 Å². The number of rotatable bonds is 6. The fraction of sp³-hybridized carbons (Fsp3) is 0.222. The van der Waals surface area contributed by atoms with Crippen LogP contribution < -0.4 is 0 Å². The van der Waals surface area contributed by atoms with Crippen molar-refractivity contribution in [1.29, 1.82) is 0 Å². The number of nitro benzene ring substituents is 1. The molecule has 25 heavy (non-hydrogen) atoms. The van der Waals surface area contributed by atoms with Gasteiger partial charge in [-0.05, 0) is 18.6 Å². The van der Waals surface area contributed by atoms with Crippen LogP contribution in [0.5, 0.6) is 0 Å². The molecule has 3 aromatic rings. The van der Waals surface area contributed by atoms with Crippen LogP contribution in [0.2, 0.25) is 0 Å². The SMILES string of the molecule is C/C=C(\Cc1cnc(Cc2ccc([N+](=O)[O-])cc2)n2ccnc12)OC. The molecule has 7 heteroatoms. The van der Waals surface area contributed by atoms with Gasteiger partial charge in [0.05, 0.1) is 17.8 Å². The van der Waals surface area contributed by atoms with Crippen LogP contribution in [0.4, 0.5) is 5.69 Å². The second kappa shape index (κ2) is 7.12. The molecule has 0 bridgehead atoms. The summed E-state index contributed by atoms with van der Waals surface area (Å²) in [5, 5.41) is 10.8. The number of fused-ring (bicyclic) bond motifs is 1. The first kappa shape index (κ1) is 16.6. The van der Waals surface area contributed by atoms with E-state index in [1.807, 2.05) is 29.8 Å². The van der Waals surface area contributed by atoms with Crippen molar-refractivity contribution < 1.29 is 9.66 Å². The van der Waals surface area contributed by atoms with Gasteiger partial charge in [-0.2, -0.15) is 0 Å². The van der Waals surface area contributed by atoms with Gasteiger partial charge in [-0.15, -0.1) is 0 Å². The van der Waals surface area contributed by atoms with Gasteiger partial charge in [0.1, 0.15) is 11.5 Å². The first-order valence-electron chi connectivity index (χ1n) is 7.84. The van der Waals surface area contributed by atoms with Gasteiger partial charge in [0.2, 0.25) is 0 Å². The molecule has 0 saturated carbocycles. The summed E-state index contributed by atoms with van der Waals surface area (Å²) in [6.07, 6.45) is 8.52. The van der Waals surface area contributed by atoms with Gasteiger partial charge in [0.15, 0.2) is 0 Å². The van der Waals surface area contributed by atoms with E-state index in [-0.39, 0.29) is 5.69 Å². The standard InChI is InChI=1S/C18H18N4O3/c1-3-16(25-2)11-14-12-20-17(21-9-8-19-18(14)21)10-13-4-6-15(7-5-13)22(23)24/h3-9,12H,10-11H2,1-2H3/b16-3+. The van der Waals surface area contributed by atoms with E-state index in [0.717, 1.165) is 28.4 Å². The van der Waals surface area contributed by atoms with Crippen molar-refractivity contribution in [1.82, 2.24) is 14.4 Å². The monoisotopic (exact) mass is 338 g/mol. The highest BCUT2D eigenvalue weighted by molar-refractivity contribution is 5.49. The summed E-state index contributed by atoms with van der Waals surface area (Å²) in [5.74, 6) is 1.68. The number of non-ortho nitro benzene ring substituents is 1. The van der Waals surface area contributed by atoms with E-state index >= 15 is 0 Å². The van der Waals surface area contributed by atoms with E-state index in [4.69, 9.17) is 4.74 Å². The average Bonchev–Trinajstić information content (AvgIpc) is 3.12. The molecule has 0 atom stereocenters. The molecular weight excluding hydrogens is 320 g/mol. The number of nitrogens with zero attached hydrogens (tertiary/aromatic N) is 4. The number of methoxy groups -OCH3 is 1. The van der Waals surface area contributed by atoms with Crippen molar-refractivity contribution in [3.63, 3.8) is 0 Å². The molecule has 0 aliphatic heterocycles. The number of hydrogen-bond acceptors (Lipinski definition) is 5. The summed E-state index contributed by atoms with van der Waals surface area (Å²) in [4.78, 5) is 19.3. The fourth-order valence-electron chi connectivity index (χ4n) is 2.68. The number of hydrogen-bond donors (Lipinski definition) is 0. The predicted octanol–water partition coefficient (Wildman–Crippen LogP) is 3.32. The summed E-state index contributed by atoms with van der Waals surface area (Å²) in [6, 6.07) is 6.51. The maximum atomic E-state index is 10.8. The zero-order chi connectivity index (χ0) is 17.8. The third-order valence-corrected chi connectivity index (χ3v) is 4.03. The average molecular weight is 338 g/mol. The Bertz CT molecular complexity index is 929. The maximum absolute atomic E-state index is 10.8. The number of allylic oxidation sites excluding steroid dienone is 2. The van der Waals surface area contributed by atoms with Crippen LogP contribution in [-0.2, 0) is 17.6 Å². The summed E-state index contributed by atoms with van der Waals surface area (Å²) in [6.45, 7) is 1.93. The van der Waals surface area contributed by atoms with Crippen molar-refractivity contribution in [2.45, 2.75) is 19.8 Å². The zero-order valence-corrected chi connectivity index (χ0v) is 14.0. The predicted molar refractivity (Wildman–Crippen MR) is 93.4 cm³/mol. The highest BCUT2D eigenvalue weighted by Crippen LogP contribution is 2.18. The molecule has 0 fully saturated rings. The molecule has 0 unspecified atom stereocenters. The third kappa shape index (κ3) is 3.50. The lowest BCUT2D eigenvalue weighted by Crippen LogP contribution is -2.05. The molecule has 1 aromatic carbocycles. The molecule has 0 amide bonds. The Hall–Kier alpha value is -3.22. The highest BCUT2D eigenvalue weighted by atomic mass is 16.6. The number of imidazole rings is 1. The first-order chi connectivity index (χ1) is 12.1. The van der Waals surface area contributed by atoms with Crippen LogP contribution >= 0.6 is 0 Å². The number of ether oxygens (including phenoxy) is 1. The molecule has 0 saturated heterocycles. The molecule has 128 valence electrons. The number of benzene rings is 1. The topological polar surface area (TPSA) is 82.6 Å². The summed E-state index contributed by atoms with van der Waals surface area (Å²) < 4.78 is 7.27. The summed E-state index contributed by atoms with van der Waals surface area (Å²) in [5.41, 5.74) is 2.85. The van der Waals surface area contributed by atoms with Gasteiger partial charge >= 0.3 is 0 Å². The third-order valence-electron chi connectivity index (χ3n) is 4.03. The molecule has 0 aliphatic carbocycles. The van der Waals surface area contributed by atoms with Crippen LogP contribution in [0.15, 0.2) is 54.7 Å². The molecule has 7 nitrogen and oxygen atoms in total. The van der Waals surface area contributed by atoms with Gasteiger partial charge < -0.3 is 4.74 Å². The minimum absolute atomic E-state index is 0.0817. The van der Waals surface area contributed by atoms with E-state index in [2.05, 4.69) is 9.97 Å². The first-order valence-corrected chi connectivity index (χ1v) is 7.84. The van der Waals surface area contributed by atoms with Gasteiger partial charge in [0.25, 0.3) is 5.69 Å². The van der Waals surface area contributed by atoms with E-state index in [0.29, 0.717) is 12.8 Å². The second-order valence-electron chi connectivity index (χ2n) is 5.56. The summed E-state index contributed by atoms with van der Waals surface area (Å²) >= 11 is 0. The fourth-order valence-corrected chi connectivity index (χ4v) is 2.68. The van der Waals surface area contributed by atoms with Gasteiger partial charge in [0, 0.05) is 49.1 Å². The minimum Gasteiger partial charge on any atom is -0.501 e. The molecule has 0 N–H and O–H groups in total. The minimum atomic E-state index is -0.403. The van der Waals surface area contributed by atoms with Gasteiger partial charge in [-0.1, -0.05) is 12.1 Å². The maximum Gasteiger partial charge on any atom is 0.269 e. The lowest BCUT2D eigenvalue weighted by Gasteiger charge is -2.10. The van der Waals surface area contributed by atoms with Gasteiger partial charge in [-0.25, -0.2) is 9.97 Å². The Morgan fingerprint density at radius 1 is 1.32 bits per heavy atom. The Labute approximate surface area is 144 Å². The van der Waals surface area contributed by atoms with Crippen molar-refractivity contribution >= 4 is 11.3 Å². The Morgan fingerprint density at radius 2 is 2.08 bits per heavy atom. The molecule has 3 rings (SSSR count). The van der Waals surface area contributed by atoms with Crippen molar-refractivity contribution in [2.75, 3.05) is 7.11 Å². The van der Waals surface area contributed by atoms with Crippen LogP contribution in [0.1, 0.15) is 23.9 Å². The van der Waals surface area contributed by atoms with Crippen molar-refractivity contribution in [3.05, 3.63) is 81.8 Å². The van der Waals surface area contributed by atoms with Gasteiger partial charge in [-0.3, -0.25) is 14.5 Å². The van der Waals surface area contributed by atoms with Crippen LogP contribution in [0.25, 0.3) is 5.65 Å². The highest BCUT2D eigenvalue weighted by Gasteiger charge is 2.11. The normalized spacial score (nSPS) is 11.7.